The summed E-state index contributed by atoms with van der Waals surface area (Å²) < 4.78 is 38.5. The molecule has 1 saturated heterocycles. The maximum absolute atomic E-state index is 12.8. The van der Waals surface area contributed by atoms with Crippen molar-refractivity contribution in [1.29, 1.82) is 0 Å². The first-order valence-corrected chi connectivity index (χ1v) is 10.5. The van der Waals surface area contributed by atoms with Crippen molar-refractivity contribution < 1.29 is 17.9 Å². The fourth-order valence-corrected chi connectivity index (χ4v) is 4.58. The molecule has 1 aliphatic heterocycles. The minimum absolute atomic E-state index is 0.0692. The second-order valence-electron chi connectivity index (χ2n) is 6.86. The van der Waals surface area contributed by atoms with Gasteiger partial charge in [-0.1, -0.05) is 6.92 Å². The molecule has 1 heterocycles. The molecule has 1 fully saturated rings. The molecular weight excluding hydrogens is 364 g/mol. The molecule has 0 bridgehead atoms. The van der Waals surface area contributed by atoms with Crippen LogP contribution in [0.4, 0.5) is 11.4 Å². The lowest BCUT2D eigenvalue weighted by Crippen LogP contribution is -2.34. The summed E-state index contributed by atoms with van der Waals surface area (Å²) in [6.45, 7) is 4.34. The second kappa shape index (κ2) is 8.08. The Balaban J connectivity index is 1.78. The fourth-order valence-electron chi connectivity index (χ4n) is 3.37. The van der Waals surface area contributed by atoms with Crippen molar-refractivity contribution in [1.82, 2.24) is 0 Å². The van der Waals surface area contributed by atoms with Crippen LogP contribution in [0.2, 0.25) is 0 Å². The van der Waals surface area contributed by atoms with E-state index in [1.165, 1.54) is 33.1 Å². The standard InChI is InChI=1S/C20H26N2O4S/c1-15-5-4-12-22(14-15)17-8-6-16(7-9-17)21-27(23,24)20-11-10-18(25-2)13-19(20)26-3/h6-11,13,15,21H,4-5,12,14H2,1-3H3. The third-order valence-electron chi connectivity index (χ3n) is 4.80. The molecule has 0 amide bonds. The number of anilines is 2. The molecule has 0 saturated carbocycles. The highest BCUT2D eigenvalue weighted by Gasteiger charge is 2.21. The average Bonchev–Trinajstić information content (AvgIpc) is 2.67. The summed E-state index contributed by atoms with van der Waals surface area (Å²) >= 11 is 0. The lowest BCUT2D eigenvalue weighted by atomic mass is 10.00. The molecule has 3 rings (SSSR count). The molecule has 0 radical (unpaired) electrons. The van der Waals surface area contributed by atoms with Crippen molar-refractivity contribution >= 4 is 21.4 Å². The van der Waals surface area contributed by atoms with Crippen LogP contribution >= 0.6 is 0 Å². The molecule has 27 heavy (non-hydrogen) atoms. The topological polar surface area (TPSA) is 67.9 Å². The predicted molar refractivity (Wildman–Crippen MR) is 107 cm³/mol. The Kier molecular flexibility index (Phi) is 5.79. The number of hydrogen-bond donors (Lipinski definition) is 1. The predicted octanol–water partition coefficient (Wildman–Crippen LogP) is 3.74. The quantitative estimate of drug-likeness (QED) is 0.814. The number of benzene rings is 2. The largest absolute Gasteiger partial charge is 0.497 e. The van der Waals surface area contributed by atoms with E-state index >= 15 is 0 Å². The van der Waals surface area contributed by atoms with Gasteiger partial charge in [0.2, 0.25) is 0 Å². The van der Waals surface area contributed by atoms with E-state index in [1.54, 1.807) is 24.3 Å². The minimum Gasteiger partial charge on any atom is -0.497 e. The Hall–Kier alpha value is -2.41. The third kappa shape index (κ3) is 4.47. The van der Waals surface area contributed by atoms with Gasteiger partial charge in [-0.2, -0.15) is 0 Å². The molecule has 146 valence electrons. The molecule has 7 heteroatoms. The van der Waals surface area contributed by atoms with Gasteiger partial charge in [0, 0.05) is 30.5 Å². The van der Waals surface area contributed by atoms with E-state index in [0.29, 0.717) is 17.4 Å². The van der Waals surface area contributed by atoms with Crippen molar-refractivity contribution in [3.05, 3.63) is 42.5 Å². The summed E-state index contributed by atoms with van der Waals surface area (Å²) in [6, 6.07) is 12.1. The molecule has 2 aromatic carbocycles. The molecule has 6 nitrogen and oxygen atoms in total. The number of nitrogens with one attached hydrogen (secondary N) is 1. The fraction of sp³-hybridized carbons (Fsp3) is 0.400. The van der Waals surface area contributed by atoms with Crippen LogP contribution in [0.1, 0.15) is 19.8 Å². The Morgan fingerprint density at radius 2 is 1.81 bits per heavy atom. The van der Waals surface area contributed by atoms with Gasteiger partial charge in [0.05, 0.1) is 14.2 Å². The normalized spacial score (nSPS) is 17.4. The van der Waals surface area contributed by atoms with Gasteiger partial charge in [-0.25, -0.2) is 8.42 Å². The van der Waals surface area contributed by atoms with Gasteiger partial charge in [-0.05, 0) is 55.2 Å². The number of nitrogens with zero attached hydrogens (tertiary/aromatic N) is 1. The molecule has 0 spiro atoms. The Labute approximate surface area is 161 Å². The third-order valence-corrected chi connectivity index (χ3v) is 6.22. The summed E-state index contributed by atoms with van der Waals surface area (Å²) in [6.07, 6.45) is 2.45. The van der Waals surface area contributed by atoms with Crippen LogP contribution in [0.25, 0.3) is 0 Å². The highest BCUT2D eigenvalue weighted by molar-refractivity contribution is 7.92. The van der Waals surface area contributed by atoms with Crippen LogP contribution in [-0.4, -0.2) is 35.7 Å². The summed E-state index contributed by atoms with van der Waals surface area (Å²) in [5.41, 5.74) is 1.63. The highest BCUT2D eigenvalue weighted by atomic mass is 32.2. The molecule has 1 N–H and O–H groups in total. The lowest BCUT2D eigenvalue weighted by Gasteiger charge is -2.32. The average molecular weight is 391 g/mol. The highest BCUT2D eigenvalue weighted by Crippen LogP contribution is 2.30. The molecule has 0 aromatic heterocycles. The first-order chi connectivity index (χ1) is 12.9. The monoisotopic (exact) mass is 390 g/mol. The van der Waals surface area contributed by atoms with Gasteiger partial charge < -0.3 is 14.4 Å². The molecule has 1 atom stereocenters. The summed E-state index contributed by atoms with van der Waals surface area (Å²) in [4.78, 5) is 2.42. The van der Waals surface area contributed by atoms with E-state index in [4.69, 9.17) is 9.47 Å². The molecular formula is C20H26N2O4S. The Bertz CT molecular complexity index is 881. The summed E-state index contributed by atoms with van der Waals surface area (Å²) in [5, 5.41) is 0. The van der Waals surface area contributed by atoms with E-state index < -0.39 is 10.0 Å². The van der Waals surface area contributed by atoms with E-state index in [9.17, 15) is 8.42 Å². The SMILES string of the molecule is COc1ccc(S(=O)(=O)Nc2ccc(N3CCCC(C)C3)cc2)c(OC)c1. The minimum atomic E-state index is -3.77. The zero-order chi connectivity index (χ0) is 19.4. The molecule has 1 aliphatic rings. The van der Waals surface area contributed by atoms with Gasteiger partial charge in [0.15, 0.2) is 0 Å². The lowest BCUT2D eigenvalue weighted by molar-refractivity contribution is 0.386. The number of hydrogen-bond acceptors (Lipinski definition) is 5. The van der Waals surface area contributed by atoms with Crippen LogP contribution in [0.15, 0.2) is 47.4 Å². The van der Waals surface area contributed by atoms with E-state index in [1.807, 2.05) is 12.1 Å². The van der Waals surface area contributed by atoms with Crippen molar-refractivity contribution in [3.63, 3.8) is 0 Å². The van der Waals surface area contributed by atoms with Gasteiger partial charge in [0.25, 0.3) is 10.0 Å². The Morgan fingerprint density at radius 1 is 1.07 bits per heavy atom. The van der Waals surface area contributed by atoms with Crippen LogP contribution in [0.5, 0.6) is 11.5 Å². The first kappa shape index (κ1) is 19.4. The van der Waals surface area contributed by atoms with Crippen LogP contribution in [0, 0.1) is 5.92 Å². The van der Waals surface area contributed by atoms with Crippen molar-refractivity contribution in [2.24, 2.45) is 5.92 Å². The molecule has 1 unspecified atom stereocenters. The van der Waals surface area contributed by atoms with Crippen LogP contribution < -0.4 is 19.1 Å². The maximum Gasteiger partial charge on any atom is 0.265 e. The second-order valence-corrected chi connectivity index (χ2v) is 8.51. The van der Waals surface area contributed by atoms with E-state index in [0.717, 1.165) is 18.8 Å². The van der Waals surface area contributed by atoms with Gasteiger partial charge in [-0.3, -0.25) is 4.72 Å². The van der Waals surface area contributed by atoms with E-state index in [-0.39, 0.29) is 10.6 Å². The molecule has 0 aliphatic carbocycles. The number of sulfonamides is 1. The van der Waals surface area contributed by atoms with Gasteiger partial charge in [-0.15, -0.1) is 0 Å². The van der Waals surface area contributed by atoms with Crippen LogP contribution in [-0.2, 0) is 10.0 Å². The number of piperidine rings is 1. The Morgan fingerprint density at radius 3 is 2.44 bits per heavy atom. The van der Waals surface area contributed by atoms with Crippen molar-refractivity contribution in [2.75, 3.05) is 36.9 Å². The van der Waals surface area contributed by atoms with Crippen molar-refractivity contribution in [2.45, 2.75) is 24.7 Å². The van der Waals surface area contributed by atoms with Crippen molar-refractivity contribution in [3.8, 4) is 11.5 Å². The smallest absolute Gasteiger partial charge is 0.265 e. The zero-order valence-electron chi connectivity index (χ0n) is 15.9. The summed E-state index contributed by atoms with van der Waals surface area (Å²) in [7, 11) is -0.819. The maximum atomic E-state index is 12.8. The van der Waals surface area contributed by atoms with Gasteiger partial charge in [0.1, 0.15) is 16.4 Å². The zero-order valence-corrected chi connectivity index (χ0v) is 16.8. The molecule has 2 aromatic rings. The first-order valence-electron chi connectivity index (χ1n) is 9.03. The summed E-state index contributed by atoms with van der Waals surface area (Å²) in [5.74, 6) is 1.45. The van der Waals surface area contributed by atoms with Crippen LogP contribution in [0.3, 0.4) is 0 Å². The number of rotatable bonds is 6. The van der Waals surface area contributed by atoms with Gasteiger partial charge >= 0.3 is 0 Å². The number of ether oxygens (including phenoxy) is 2. The number of methoxy groups -OCH3 is 2. The van der Waals surface area contributed by atoms with E-state index in [2.05, 4.69) is 16.5 Å².